The van der Waals surface area contributed by atoms with Gasteiger partial charge >= 0.3 is 0 Å². The number of aromatic nitrogens is 3. The average molecular weight is 322 g/mol. The van der Waals surface area contributed by atoms with E-state index in [0.29, 0.717) is 24.3 Å². The summed E-state index contributed by atoms with van der Waals surface area (Å²) in [5, 5.41) is 0. The van der Waals surface area contributed by atoms with Crippen LogP contribution < -0.4 is 5.73 Å². The first kappa shape index (κ1) is 16.1. The molecule has 0 aliphatic heterocycles. The molecule has 0 aliphatic carbocycles. The number of aryl methyl sites for hydroxylation is 2. The topological polar surface area (TPSA) is 65.8 Å². The van der Waals surface area contributed by atoms with Crippen molar-refractivity contribution in [3.63, 3.8) is 0 Å². The predicted molar refractivity (Wildman–Crippen MR) is 95.9 cm³/mol. The number of benzene rings is 1. The van der Waals surface area contributed by atoms with Crippen LogP contribution in [0.5, 0.6) is 0 Å². The van der Waals surface area contributed by atoms with Gasteiger partial charge in [0.1, 0.15) is 5.82 Å². The van der Waals surface area contributed by atoms with E-state index in [4.69, 9.17) is 5.73 Å². The second kappa shape index (κ2) is 6.74. The lowest BCUT2D eigenvalue weighted by Gasteiger charge is -2.05. The molecule has 5 heteroatoms. The van der Waals surface area contributed by atoms with Gasteiger partial charge in [-0.2, -0.15) is 0 Å². The molecule has 0 amide bonds. The first-order chi connectivity index (χ1) is 11.6. The normalized spacial score (nSPS) is 10.9. The van der Waals surface area contributed by atoms with E-state index in [1.54, 1.807) is 12.4 Å². The van der Waals surface area contributed by atoms with Crippen LogP contribution >= 0.6 is 0 Å². The number of ketones is 1. The zero-order valence-corrected chi connectivity index (χ0v) is 14.1. The Balaban J connectivity index is 1.71. The van der Waals surface area contributed by atoms with E-state index in [-0.39, 0.29) is 5.78 Å². The lowest BCUT2D eigenvalue weighted by Crippen LogP contribution is -2.06. The number of hydrogen-bond donors (Lipinski definition) is 1. The van der Waals surface area contributed by atoms with Gasteiger partial charge in [-0.25, -0.2) is 4.98 Å². The molecule has 124 valence electrons. The minimum Gasteiger partial charge on any atom is -0.385 e. The van der Waals surface area contributed by atoms with Crippen molar-refractivity contribution in [2.45, 2.75) is 33.4 Å². The monoisotopic (exact) mass is 322 g/mol. The Morgan fingerprint density at radius 3 is 2.62 bits per heavy atom. The second-order valence-corrected chi connectivity index (χ2v) is 5.85. The summed E-state index contributed by atoms with van der Waals surface area (Å²) in [4.78, 5) is 16.9. The van der Waals surface area contributed by atoms with Crippen LogP contribution in [-0.4, -0.2) is 19.9 Å². The highest BCUT2D eigenvalue weighted by molar-refractivity contribution is 5.96. The van der Waals surface area contributed by atoms with Crippen LogP contribution in [0.4, 0.5) is 5.82 Å². The van der Waals surface area contributed by atoms with E-state index in [9.17, 15) is 4.79 Å². The quantitative estimate of drug-likeness (QED) is 0.706. The average Bonchev–Trinajstić information content (AvgIpc) is 3.16. The van der Waals surface area contributed by atoms with Gasteiger partial charge in [0.25, 0.3) is 0 Å². The minimum atomic E-state index is 0.100. The third-order valence-corrected chi connectivity index (χ3v) is 4.32. The Morgan fingerprint density at radius 1 is 1.21 bits per heavy atom. The summed E-state index contributed by atoms with van der Waals surface area (Å²) in [6.07, 6.45) is 4.06. The molecule has 24 heavy (non-hydrogen) atoms. The molecule has 0 fully saturated rings. The van der Waals surface area contributed by atoms with Gasteiger partial charge in [-0.1, -0.05) is 30.3 Å². The maximum atomic E-state index is 12.4. The summed E-state index contributed by atoms with van der Waals surface area (Å²) in [6.45, 7) is 5.41. The highest BCUT2D eigenvalue weighted by Crippen LogP contribution is 2.21. The van der Waals surface area contributed by atoms with E-state index < -0.39 is 0 Å². The molecule has 3 aromatic rings. The van der Waals surface area contributed by atoms with Crippen molar-refractivity contribution < 1.29 is 4.79 Å². The zero-order chi connectivity index (χ0) is 17.1. The van der Waals surface area contributed by atoms with Crippen molar-refractivity contribution in [3.05, 3.63) is 60.2 Å². The first-order valence-electron chi connectivity index (χ1n) is 8.16. The lowest BCUT2D eigenvalue weighted by molar-refractivity contribution is 0.0977. The van der Waals surface area contributed by atoms with Crippen LogP contribution in [0.25, 0.3) is 11.3 Å². The van der Waals surface area contributed by atoms with Gasteiger partial charge in [0.05, 0.1) is 12.0 Å². The maximum Gasteiger partial charge on any atom is 0.166 e. The molecule has 3 rings (SSSR count). The molecule has 0 unspecified atom stereocenters. The van der Waals surface area contributed by atoms with E-state index in [2.05, 4.69) is 4.98 Å². The van der Waals surface area contributed by atoms with Crippen molar-refractivity contribution in [1.82, 2.24) is 14.1 Å². The number of nitrogen functional groups attached to an aromatic ring is 1. The molecule has 0 radical (unpaired) electrons. The smallest absolute Gasteiger partial charge is 0.166 e. The molecule has 0 aliphatic rings. The summed E-state index contributed by atoms with van der Waals surface area (Å²) in [5.41, 5.74) is 9.68. The Bertz CT molecular complexity index is 846. The number of nitrogens with zero attached hydrogens (tertiary/aromatic N) is 3. The van der Waals surface area contributed by atoms with E-state index in [1.807, 2.05) is 59.5 Å². The number of rotatable bonds is 6. The molecule has 2 aromatic heterocycles. The molecule has 0 spiro atoms. The molecule has 5 nitrogen and oxygen atoms in total. The molecule has 0 saturated heterocycles. The van der Waals surface area contributed by atoms with Crippen LogP contribution in [0.15, 0.2) is 48.9 Å². The fourth-order valence-electron chi connectivity index (χ4n) is 2.86. The highest BCUT2D eigenvalue weighted by Gasteiger charge is 2.13. The zero-order valence-electron chi connectivity index (χ0n) is 14.1. The highest BCUT2D eigenvalue weighted by atomic mass is 16.1. The molecule has 2 N–H and O–H groups in total. The summed E-state index contributed by atoms with van der Waals surface area (Å²) in [6, 6.07) is 11.8. The first-order valence-corrected chi connectivity index (χ1v) is 8.16. The van der Waals surface area contributed by atoms with Gasteiger partial charge < -0.3 is 14.9 Å². The Labute approximate surface area is 141 Å². The molecule has 0 atom stereocenters. The largest absolute Gasteiger partial charge is 0.385 e. The van der Waals surface area contributed by atoms with Crippen molar-refractivity contribution in [3.8, 4) is 11.3 Å². The van der Waals surface area contributed by atoms with Crippen molar-refractivity contribution in [1.29, 1.82) is 0 Å². The van der Waals surface area contributed by atoms with Gasteiger partial charge in [-0.3, -0.25) is 4.79 Å². The van der Waals surface area contributed by atoms with Gasteiger partial charge in [-0.15, -0.1) is 0 Å². The SMILES string of the molecule is CCn1cc(C(=O)CCn2cnc(-c3ccccc3)c2C)cc1N. The van der Waals surface area contributed by atoms with Crippen molar-refractivity contribution >= 4 is 11.6 Å². The van der Waals surface area contributed by atoms with Crippen LogP contribution in [0.2, 0.25) is 0 Å². The minimum absolute atomic E-state index is 0.100. The number of Topliss-reactive ketones (excluding diaryl/α,β-unsaturated/α-hetero) is 1. The maximum absolute atomic E-state index is 12.4. The van der Waals surface area contributed by atoms with E-state index in [1.165, 1.54) is 0 Å². The molecule has 0 bridgehead atoms. The number of carbonyl (C=O) groups excluding carboxylic acids is 1. The predicted octanol–water partition coefficient (Wildman–Crippen LogP) is 3.54. The van der Waals surface area contributed by atoms with Gasteiger partial charge in [-0.05, 0) is 19.9 Å². The standard InChI is InChI=1S/C19H22N4O/c1-3-22-12-16(11-18(22)20)17(24)9-10-23-13-21-19(14(23)2)15-7-5-4-6-8-15/h4-8,11-13H,3,9-10,20H2,1-2H3. The number of hydrogen-bond acceptors (Lipinski definition) is 3. The summed E-state index contributed by atoms with van der Waals surface area (Å²) < 4.78 is 3.91. The number of carbonyl (C=O) groups is 1. The molecule has 0 saturated carbocycles. The summed E-state index contributed by atoms with van der Waals surface area (Å²) >= 11 is 0. The van der Waals surface area contributed by atoms with E-state index >= 15 is 0 Å². The lowest BCUT2D eigenvalue weighted by atomic mass is 10.1. The fraction of sp³-hybridized carbons (Fsp3) is 0.263. The summed E-state index contributed by atoms with van der Waals surface area (Å²) in [5.74, 6) is 0.731. The van der Waals surface area contributed by atoms with Crippen LogP contribution in [0, 0.1) is 6.92 Å². The Morgan fingerprint density at radius 2 is 1.96 bits per heavy atom. The van der Waals surface area contributed by atoms with E-state index in [0.717, 1.165) is 23.5 Å². The van der Waals surface area contributed by atoms with Crippen molar-refractivity contribution in [2.24, 2.45) is 0 Å². The summed E-state index contributed by atoms with van der Waals surface area (Å²) in [7, 11) is 0. The third-order valence-electron chi connectivity index (χ3n) is 4.32. The Hall–Kier alpha value is -2.82. The fourth-order valence-corrected chi connectivity index (χ4v) is 2.86. The number of anilines is 1. The van der Waals surface area contributed by atoms with Crippen molar-refractivity contribution in [2.75, 3.05) is 5.73 Å². The number of nitrogens with two attached hydrogens (primary N) is 1. The molecule has 1 aromatic carbocycles. The number of imidazole rings is 1. The molecular formula is C19H22N4O. The second-order valence-electron chi connectivity index (χ2n) is 5.85. The molecular weight excluding hydrogens is 300 g/mol. The third kappa shape index (κ3) is 3.11. The van der Waals surface area contributed by atoms with Crippen LogP contribution in [-0.2, 0) is 13.1 Å². The van der Waals surface area contributed by atoms with Gasteiger partial charge in [0, 0.05) is 42.5 Å². The van der Waals surface area contributed by atoms with Crippen LogP contribution in [0.1, 0.15) is 29.4 Å². The van der Waals surface area contributed by atoms with Gasteiger partial charge in [0.2, 0.25) is 0 Å². The van der Waals surface area contributed by atoms with Crippen LogP contribution in [0.3, 0.4) is 0 Å². The molecule has 2 heterocycles. The Kier molecular flexibility index (Phi) is 4.51. The van der Waals surface area contributed by atoms with Gasteiger partial charge in [0.15, 0.2) is 5.78 Å².